The second-order valence-electron chi connectivity index (χ2n) is 7.56. The van der Waals surface area contributed by atoms with Crippen molar-refractivity contribution in [3.05, 3.63) is 54.9 Å². The predicted octanol–water partition coefficient (Wildman–Crippen LogP) is 3.32. The van der Waals surface area contributed by atoms with Gasteiger partial charge in [-0.05, 0) is 89.6 Å². The van der Waals surface area contributed by atoms with Gasteiger partial charge in [0.25, 0.3) is 5.91 Å². The Morgan fingerprint density at radius 2 is 1.75 bits per heavy atom. The first-order valence-corrected chi connectivity index (χ1v) is 12.5. The number of aromatic hydroxyl groups is 1. The Labute approximate surface area is 213 Å². The summed E-state index contributed by atoms with van der Waals surface area (Å²) in [6, 6.07) is 8.79. The van der Waals surface area contributed by atoms with E-state index in [9.17, 15) is 15.1 Å². The molecule has 32 heavy (non-hydrogen) atoms. The van der Waals surface area contributed by atoms with Crippen molar-refractivity contribution in [2.45, 2.75) is 19.3 Å². The fourth-order valence-corrected chi connectivity index (χ4v) is 4.87. The molecule has 7 nitrogen and oxygen atoms in total. The van der Waals surface area contributed by atoms with Gasteiger partial charge in [-0.25, -0.2) is 0 Å². The van der Waals surface area contributed by atoms with Crippen LogP contribution in [-0.2, 0) is 17.6 Å². The van der Waals surface area contributed by atoms with Gasteiger partial charge in [0.15, 0.2) is 0 Å². The van der Waals surface area contributed by atoms with Crippen molar-refractivity contribution in [2.75, 3.05) is 33.8 Å². The van der Waals surface area contributed by atoms with Crippen LogP contribution in [-0.4, -0.2) is 55.7 Å². The van der Waals surface area contributed by atoms with E-state index in [1.807, 2.05) is 12.1 Å². The van der Waals surface area contributed by atoms with Crippen LogP contribution in [0.5, 0.6) is 11.5 Å². The second kappa shape index (κ2) is 13.2. The summed E-state index contributed by atoms with van der Waals surface area (Å²) in [7, 11) is 4.22. The zero-order chi connectivity index (χ0) is 23.7. The normalized spacial score (nSPS) is 11.6. The number of quaternary nitrogens is 1. The van der Waals surface area contributed by atoms with Crippen LogP contribution < -0.4 is 15.0 Å². The maximum Gasteiger partial charge on any atom is 0.269 e. The average Bonchev–Trinajstić information content (AvgIpc) is 2.73. The molecule has 0 saturated carbocycles. The van der Waals surface area contributed by atoms with E-state index in [0.29, 0.717) is 24.0 Å². The molecule has 0 radical (unpaired) electrons. The van der Waals surface area contributed by atoms with Gasteiger partial charge in [0.2, 0.25) is 0 Å². The summed E-state index contributed by atoms with van der Waals surface area (Å²) >= 11 is 10.4. The van der Waals surface area contributed by atoms with Crippen molar-refractivity contribution >= 4 is 59.4 Å². The quantitative estimate of drug-likeness (QED) is 0.132. The van der Waals surface area contributed by atoms with Crippen molar-refractivity contribution in [1.82, 2.24) is 5.32 Å². The van der Waals surface area contributed by atoms with Gasteiger partial charge in [-0.2, -0.15) is 0 Å². The molecule has 0 aliphatic heterocycles. The molecule has 174 valence electrons. The SMILES string of the molecule is C[NH+](C)CCCOc1c(Br)cc(CCNC(=O)/C(Cc2ccc(O)c(Br)c2)=N/O)cc1Br. The summed E-state index contributed by atoms with van der Waals surface area (Å²) in [5, 5.41) is 24.8. The molecule has 2 rings (SSSR count). The fourth-order valence-electron chi connectivity index (χ4n) is 2.93. The van der Waals surface area contributed by atoms with E-state index in [-0.39, 0.29) is 17.9 Å². The van der Waals surface area contributed by atoms with Gasteiger partial charge in [-0.1, -0.05) is 11.2 Å². The molecule has 10 heteroatoms. The topological polar surface area (TPSA) is 95.6 Å². The Kier molecular flexibility index (Phi) is 11.0. The first kappa shape index (κ1) is 26.6. The van der Waals surface area contributed by atoms with Gasteiger partial charge >= 0.3 is 0 Å². The molecule has 0 fully saturated rings. The summed E-state index contributed by atoms with van der Waals surface area (Å²) in [6.07, 6.45) is 1.70. The molecular formula is C22H27Br3N3O4+. The minimum atomic E-state index is -0.446. The number of halogens is 3. The Hall–Kier alpha value is -1.62. The number of nitrogens with one attached hydrogen (secondary N) is 2. The minimum Gasteiger partial charge on any atom is -0.507 e. The van der Waals surface area contributed by atoms with Crippen molar-refractivity contribution in [2.24, 2.45) is 5.16 Å². The molecule has 0 aliphatic rings. The lowest BCUT2D eigenvalue weighted by Crippen LogP contribution is -3.05. The molecule has 0 saturated heterocycles. The van der Waals surface area contributed by atoms with E-state index in [0.717, 1.165) is 38.8 Å². The average molecular weight is 637 g/mol. The number of amides is 1. The van der Waals surface area contributed by atoms with Crippen LogP contribution in [0, 0.1) is 0 Å². The summed E-state index contributed by atoms with van der Waals surface area (Å²) < 4.78 is 8.10. The third-order valence-corrected chi connectivity index (χ3v) is 6.40. The third kappa shape index (κ3) is 8.38. The monoisotopic (exact) mass is 634 g/mol. The smallest absolute Gasteiger partial charge is 0.269 e. The highest BCUT2D eigenvalue weighted by atomic mass is 79.9. The van der Waals surface area contributed by atoms with Gasteiger partial charge in [0.05, 0.1) is 40.7 Å². The zero-order valence-corrected chi connectivity index (χ0v) is 22.7. The molecule has 2 aromatic carbocycles. The number of ether oxygens (including phenoxy) is 1. The second-order valence-corrected chi connectivity index (χ2v) is 10.1. The largest absolute Gasteiger partial charge is 0.507 e. The summed E-state index contributed by atoms with van der Waals surface area (Å²) in [4.78, 5) is 13.8. The van der Waals surface area contributed by atoms with Crippen molar-refractivity contribution in [1.29, 1.82) is 0 Å². The van der Waals surface area contributed by atoms with Crippen molar-refractivity contribution in [3.63, 3.8) is 0 Å². The lowest BCUT2D eigenvalue weighted by molar-refractivity contribution is -0.858. The Balaban J connectivity index is 1.88. The molecule has 0 spiro atoms. The lowest BCUT2D eigenvalue weighted by Gasteiger charge is -2.13. The predicted molar refractivity (Wildman–Crippen MR) is 135 cm³/mol. The number of carbonyl (C=O) groups is 1. The van der Waals surface area contributed by atoms with Gasteiger partial charge in [-0.3, -0.25) is 4.79 Å². The fraction of sp³-hybridized carbons (Fsp3) is 0.364. The number of nitrogens with zero attached hydrogens (tertiary/aromatic N) is 1. The number of phenolic OH excluding ortho intramolecular Hbond substituents is 1. The Morgan fingerprint density at radius 1 is 1.09 bits per heavy atom. The lowest BCUT2D eigenvalue weighted by atomic mass is 10.1. The van der Waals surface area contributed by atoms with Crippen LogP contribution in [0.3, 0.4) is 0 Å². The Morgan fingerprint density at radius 3 is 2.34 bits per heavy atom. The van der Waals surface area contributed by atoms with Crippen molar-refractivity contribution < 1.29 is 24.7 Å². The third-order valence-electron chi connectivity index (χ3n) is 4.59. The molecule has 0 aliphatic carbocycles. The van der Waals surface area contributed by atoms with Crippen LogP contribution >= 0.6 is 47.8 Å². The maximum absolute atomic E-state index is 12.4. The van der Waals surface area contributed by atoms with Gasteiger partial charge in [0, 0.05) is 19.4 Å². The van der Waals surface area contributed by atoms with Gasteiger partial charge in [-0.15, -0.1) is 0 Å². The molecule has 1 amide bonds. The molecule has 0 heterocycles. The van der Waals surface area contributed by atoms with E-state index in [1.165, 1.54) is 11.0 Å². The number of carbonyl (C=O) groups excluding carboxylic acids is 1. The summed E-state index contributed by atoms with van der Waals surface area (Å²) in [5.41, 5.74) is 1.74. The minimum absolute atomic E-state index is 0.00624. The standard InChI is InChI=1S/C22H26Br3N3O4/c1-28(2)8-3-9-32-21-17(24)11-15(12-18(21)25)6-7-26-22(30)19(27-31)13-14-4-5-20(29)16(23)10-14/h4-5,10-12,29,31H,3,6-9,13H2,1-2H3,(H,26,30)/p+1/b27-19+. The van der Waals surface area contributed by atoms with E-state index in [2.05, 4.69) is 72.4 Å². The van der Waals surface area contributed by atoms with Crippen molar-refractivity contribution in [3.8, 4) is 11.5 Å². The van der Waals surface area contributed by atoms with Crippen LogP contribution in [0.4, 0.5) is 0 Å². The number of hydrogen-bond donors (Lipinski definition) is 4. The maximum atomic E-state index is 12.4. The first-order chi connectivity index (χ1) is 15.2. The highest BCUT2D eigenvalue weighted by Crippen LogP contribution is 2.35. The van der Waals surface area contributed by atoms with E-state index in [4.69, 9.17) is 4.74 Å². The summed E-state index contributed by atoms with van der Waals surface area (Å²) in [6.45, 7) is 2.05. The number of oxime groups is 1. The zero-order valence-electron chi connectivity index (χ0n) is 17.9. The molecule has 2 aromatic rings. The Bertz CT molecular complexity index is 944. The number of rotatable bonds is 11. The van der Waals surface area contributed by atoms with Crippen LogP contribution in [0.2, 0.25) is 0 Å². The van der Waals surface area contributed by atoms with Crippen LogP contribution in [0.15, 0.2) is 48.9 Å². The summed E-state index contributed by atoms with van der Waals surface area (Å²) in [5.74, 6) is 0.420. The van der Waals surface area contributed by atoms with E-state index >= 15 is 0 Å². The first-order valence-electron chi connectivity index (χ1n) is 10.1. The molecular weight excluding hydrogens is 610 g/mol. The highest BCUT2D eigenvalue weighted by molar-refractivity contribution is 9.11. The number of phenols is 1. The highest BCUT2D eigenvalue weighted by Gasteiger charge is 2.14. The van der Waals surface area contributed by atoms with E-state index < -0.39 is 5.91 Å². The van der Waals surface area contributed by atoms with Gasteiger partial charge < -0.3 is 25.3 Å². The molecule has 0 bridgehead atoms. The molecule has 4 N–H and O–H groups in total. The number of benzene rings is 2. The van der Waals surface area contributed by atoms with Gasteiger partial charge in [0.1, 0.15) is 17.2 Å². The van der Waals surface area contributed by atoms with Crippen LogP contribution in [0.25, 0.3) is 0 Å². The number of hydrogen-bond acceptors (Lipinski definition) is 5. The van der Waals surface area contributed by atoms with E-state index in [1.54, 1.807) is 12.1 Å². The molecule has 0 atom stereocenters. The molecule has 0 unspecified atom stereocenters. The molecule has 0 aromatic heterocycles. The van der Waals surface area contributed by atoms with Crippen LogP contribution in [0.1, 0.15) is 17.5 Å².